The van der Waals surface area contributed by atoms with E-state index in [4.69, 9.17) is 4.74 Å². The third-order valence-corrected chi connectivity index (χ3v) is 11.6. The summed E-state index contributed by atoms with van der Waals surface area (Å²) in [5.74, 6) is 1.00. The Morgan fingerprint density at radius 3 is 2.35 bits per heavy atom. The number of carbonyl (C=O) groups excluding carboxylic acids is 2. The van der Waals surface area contributed by atoms with Crippen molar-refractivity contribution in [1.82, 2.24) is 24.6 Å². The Labute approximate surface area is 313 Å². The number of likely N-dealkylation sites (tertiary alicyclic amines) is 2. The first-order valence-electron chi connectivity index (χ1n) is 19.9. The van der Waals surface area contributed by atoms with Gasteiger partial charge in [-0.05, 0) is 114 Å². The van der Waals surface area contributed by atoms with Crippen LogP contribution in [0.1, 0.15) is 113 Å². The molecular weight excluding hydrogens is 649 g/mol. The number of aromatic nitrogens is 1. The molecule has 1 atom stereocenters. The molecular formula is C43H66N6O3. The Balaban J connectivity index is 1.24. The van der Waals surface area contributed by atoms with Crippen molar-refractivity contribution in [3.63, 3.8) is 0 Å². The molecule has 2 aliphatic heterocycles. The molecule has 0 spiro atoms. The number of likely N-dealkylation sites (N-methyl/N-ethyl adjacent to an activating group) is 1. The molecule has 1 aromatic heterocycles. The van der Waals surface area contributed by atoms with E-state index in [1.165, 1.54) is 18.4 Å². The number of nitrogens with one attached hydrogen (secondary N) is 2. The molecule has 2 saturated heterocycles. The number of unbranched alkanes of at least 4 members (excludes halogenated alkanes) is 2. The highest BCUT2D eigenvalue weighted by molar-refractivity contribution is 6.07. The number of ketones is 1. The second-order valence-electron chi connectivity index (χ2n) is 16.2. The Morgan fingerprint density at radius 1 is 0.942 bits per heavy atom. The summed E-state index contributed by atoms with van der Waals surface area (Å²) in [4.78, 5) is 34.0. The number of ether oxygens (including phenoxy) is 1. The standard InChI is InChI=1S/C43H66N6O3/c1-9-49(10-2)35-20-24-48(25-21-35)30-33-26-34(43(3,4)5)28-36(41(33)52-8)45-42(51)38-27-31-16-14-17-32(40(31)47(38)7)29-44-22-13-11-12-19-39(50)37-18-15-23-46(37)6/h14,16-17,26-28,35,37,44H,9-13,15,18-25,29-30H2,1-8H3,(H,45,51)/t37-/m0/s1. The zero-order chi connectivity index (χ0) is 37.4. The van der Waals surface area contributed by atoms with E-state index < -0.39 is 0 Å². The van der Waals surface area contributed by atoms with Crippen molar-refractivity contribution in [2.45, 2.75) is 117 Å². The summed E-state index contributed by atoms with van der Waals surface area (Å²) in [5, 5.41) is 7.93. The van der Waals surface area contributed by atoms with Crippen LogP contribution in [0.15, 0.2) is 36.4 Å². The molecule has 9 heteroatoms. The fraction of sp³-hybridized carbons (Fsp3) is 0.628. The molecule has 2 aliphatic rings. The van der Waals surface area contributed by atoms with Gasteiger partial charge in [-0.2, -0.15) is 0 Å². The molecule has 2 N–H and O–H groups in total. The summed E-state index contributed by atoms with van der Waals surface area (Å²) in [6.07, 6.45) is 8.22. The average molecular weight is 715 g/mol. The van der Waals surface area contributed by atoms with Crippen molar-refractivity contribution in [2.75, 3.05) is 58.7 Å². The lowest BCUT2D eigenvalue weighted by Gasteiger charge is -2.38. The van der Waals surface area contributed by atoms with E-state index in [2.05, 4.69) is 97.3 Å². The van der Waals surface area contributed by atoms with Crippen LogP contribution in [0, 0.1) is 0 Å². The third-order valence-electron chi connectivity index (χ3n) is 11.6. The summed E-state index contributed by atoms with van der Waals surface area (Å²) >= 11 is 0. The maximum atomic E-state index is 14.1. The lowest BCUT2D eigenvalue weighted by molar-refractivity contribution is -0.123. The average Bonchev–Trinajstić information content (AvgIpc) is 3.71. The predicted molar refractivity (Wildman–Crippen MR) is 215 cm³/mol. The number of benzene rings is 2. The first-order valence-corrected chi connectivity index (χ1v) is 19.9. The Bertz CT molecular complexity index is 1650. The number of hydrogen-bond acceptors (Lipinski definition) is 7. The molecule has 1 amide bonds. The second kappa shape index (κ2) is 18.2. The van der Waals surface area contributed by atoms with Crippen LogP contribution in [0.3, 0.4) is 0 Å². The maximum absolute atomic E-state index is 14.1. The minimum atomic E-state index is -0.147. The second-order valence-corrected chi connectivity index (χ2v) is 16.2. The SMILES string of the molecule is CCN(CC)C1CCN(Cc2cc(C(C)(C)C)cc(NC(=O)c3cc4cccc(CNCCCCCC(=O)[C@@H]5CCCN5C)c4n3C)c2OC)CC1. The largest absolute Gasteiger partial charge is 0.494 e. The van der Waals surface area contributed by atoms with Gasteiger partial charge in [0.15, 0.2) is 0 Å². The van der Waals surface area contributed by atoms with Gasteiger partial charge in [-0.3, -0.25) is 19.4 Å². The van der Waals surface area contributed by atoms with E-state index in [1.807, 2.05) is 17.7 Å². The van der Waals surface area contributed by atoms with E-state index in [1.54, 1.807) is 7.11 Å². The highest BCUT2D eigenvalue weighted by Gasteiger charge is 2.28. The summed E-state index contributed by atoms with van der Waals surface area (Å²) in [6, 6.07) is 13.4. The van der Waals surface area contributed by atoms with Crippen molar-refractivity contribution in [3.05, 3.63) is 58.8 Å². The highest BCUT2D eigenvalue weighted by Crippen LogP contribution is 2.37. The molecule has 286 valence electrons. The zero-order valence-corrected chi connectivity index (χ0v) is 33.4. The van der Waals surface area contributed by atoms with Gasteiger partial charge in [0, 0.05) is 43.5 Å². The molecule has 0 saturated carbocycles. The number of amides is 1. The van der Waals surface area contributed by atoms with Gasteiger partial charge in [-0.15, -0.1) is 0 Å². The normalized spacial score (nSPS) is 17.8. The summed E-state index contributed by atoms with van der Waals surface area (Å²) in [5.41, 5.74) is 5.76. The molecule has 9 nitrogen and oxygen atoms in total. The minimum Gasteiger partial charge on any atom is -0.494 e. The minimum absolute atomic E-state index is 0.0955. The third kappa shape index (κ3) is 9.64. The topological polar surface area (TPSA) is 82.1 Å². The van der Waals surface area contributed by atoms with Gasteiger partial charge < -0.3 is 24.8 Å². The number of para-hydroxylation sites is 1. The predicted octanol–water partition coefficient (Wildman–Crippen LogP) is 7.36. The van der Waals surface area contributed by atoms with Crippen LogP contribution in [-0.4, -0.2) is 96.5 Å². The van der Waals surface area contributed by atoms with Gasteiger partial charge in [0.05, 0.1) is 24.4 Å². The molecule has 0 aliphatic carbocycles. The molecule has 3 heterocycles. The Kier molecular flexibility index (Phi) is 14.0. The van der Waals surface area contributed by atoms with Gasteiger partial charge in [-0.1, -0.05) is 65.3 Å². The number of aryl methyl sites for hydroxylation is 1. The molecule has 0 radical (unpaired) electrons. The number of anilines is 1. The Hall–Kier alpha value is -3.24. The number of carbonyl (C=O) groups is 2. The van der Waals surface area contributed by atoms with Gasteiger partial charge in [0.1, 0.15) is 17.2 Å². The van der Waals surface area contributed by atoms with Crippen LogP contribution < -0.4 is 15.4 Å². The first-order chi connectivity index (χ1) is 24.9. The molecule has 2 aromatic carbocycles. The molecule has 0 unspecified atom stereocenters. The zero-order valence-electron chi connectivity index (χ0n) is 33.4. The van der Waals surface area contributed by atoms with E-state index in [0.717, 1.165) is 118 Å². The van der Waals surface area contributed by atoms with Crippen LogP contribution in [0.4, 0.5) is 5.69 Å². The number of Topliss-reactive ketones (excluding diaryl/α,β-unsaturated/α-hetero) is 1. The molecule has 0 bridgehead atoms. The van der Waals surface area contributed by atoms with Crippen LogP contribution in [0.2, 0.25) is 0 Å². The fourth-order valence-electron chi connectivity index (χ4n) is 8.48. The summed E-state index contributed by atoms with van der Waals surface area (Å²) in [7, 11) is 5.76. The van der Waals surface area contributed by atoms with Gasteiger partial charge in [-0.25, -0.2) is 0 Å². The van der Waals surface area contributed by atoms with E-state index in [-0.39, 0.29) is 17.4 Å². The molecule has 52 heavy (non-hydrogen) atoms. The van der Waals surface area contributed by atoms with Crippen LogP contribution in [0.25, 0.3) is 10.9 Å². The van der Waals surface area contributed by atoms with Crippen molar-refractivity contribution < 1.29 is 14.3 Å². The summed E-state index contributed by atoms with van der Waals surface area (Å²) < 4.78 is 8.08. The van der Waals surface area contributed by atoms with Crippen molar-refractivity contribution >= 4 is 28.3 Å². The van der Waals surface area contributed by atoms with E-state index in [9.17, 15) is 9.59 Å². The molecule has 5 rings (SSSR count). The van der Waals surface area contributed by atoms with Gasteiger partial charge >= 0.3 is 0 Å². The number of piperidine rings is 1. The van der Waals surface area contributed by atoms with E-state index in [0.29, 0.717) is 23.9 Å². The smallest absolute Gasteiger partial charge is 0.272 e. The van der Waals surface area contributed by atoms with Crippen molar-refractivity contribution in [1.29, 1.82) is 0 Å². The quantitative estimate of drug-likeness (QED) is 0.142. The fourth-order valence-corrected chi connectivity index (χ4v) is 8.48. The molecule has 3 aromatic rings. The number of fused-ring (bicyclic) bond motifs is 1. The first kappa shape index (κ1) is 40.0. The number of methoxy groups -OCH3 is 1. The maximum Gasteiger partial charge on any atom is 0.272 e. The van der Waals surface area contributed by atoms with Crippen molar-refractivity contribution in [3.8, 4) is 5.75 Å². The van der Waals surface area contributed by atoms with E-state index >= 15 is 0 Å². The highest BCUT2D eigenvalue weighted by atomic mass is 16.5. The monoisotopic (exact) mass is 715 g/mol. The van der Waals surface area contributed by atoms with Gasteiger partial charge in [0.2, 0.25) is 0 Å². The number of rotatable bonds is 17. The van der Waals surface area contributed by atoms with Crippen LogP contribution in [-0.2, 0) is 30.3 Å². The van der Waals surface area contributed by atoms with Crippen LogP contribution in [0.5, 0.6) is 5.75 Å². The lowest BCUT2D eigenvalue weighted by Crippen LogP contribution is -2.44. The number of hydrogen-bond donors (Lipinski definition) is 2. The van der Waals surface area contributed by atoms with Crippen LogP contribution >= 0.6 is 0 Å². The lowest BCUT2D eigenvalue weighted by atomic mass is 9.85. The van der Waals surface area contributed by atoms with Gasteiger partial charge in [0.25, 0.3) is 5.91 Å². The number of nitrogens with zero attached hydrogens (tertiary/aromatic N) is 4. The van der Waals surface area contributed by atoms with Crippen molar-refractivity contribution in [2.24, 2.45) is 7.05 Å². The summed E-state index contributed by atoms with van der Waals surface area (Å²) in [6.45, 7) is 18.9. The molecule has 2 fully saturated rings. The Morgan fingerprint density at radius 2 is 1.69 bits per heavy atom.